The van der Waals surface area contributed by atoms with Gasteiger partial charge in [-0.15, -0.1) is 0 Å². The van der Waals surface area contributed by atoms with Gasteiger partial charge in [0, 0.05) is 19.0 Å². The average molecular weight is 465 g/mol. The number of carbonyl (C=O) groups is 2. The van der Waals surface area contributed by atoms with Gasteiger partial charge in [-0.3, -0.25) is 9.59 Å². The van der Waals surface area contributed by atoms with Crippen LogP contribution in [-0.2, 0) is 22.6 Å². The largest absolute Gasteiger partial charge is 0.497 e. The second-order valence-corrected chi connectivity index (χ2v) is 9.79. The lowest BCUT2D eigenvalue weighted by atomic mass is 9.95. The number of hydrogen-bond acceptors (Lipinski definition) is 3. The fourth-order valence-corrected chi connectivity index (χ4v) is 4.58. The van der Waals surface area contributed by atoms with Gasteiger partial charge in [-0.1, -0.05) is 69.5 Å². The lowest BCUT2D eigenvalue weighted by molar-refractivity contribution is -0.141. The summed E-state index contributed by atoms with van der Waals surface area (Å²) in [4.78, 5) is 28.2. The van der Waals surface area contributed by atoms with Crippen LogP contribution in [0.2, 0.25) is 0 Å². The summed E-state index contributed by atoms with van der Waals surface area (Å²) in [6.45, 7) is 6.57. The molecule has 2 aromatic rings. The highest BCUT2D eigenvalue weighted by Crippen LogP contribution is 2.20. The lowest BCUT2D eigenvalue weighted by Gasteiger charge is -2.31. The quantitative estimate of drug-likeness (QED) is 0.497. The molecule has 1 aliphatic carbocycles. The zero-order valence-corrected chi connectivity index (χ0v) is 21.2. The minimum absolute atomic E-state index is 0.0120. The fourth-order valence-electron chi connectivity index (χ4n) is 4.58. The number of carbonyl (C=O) groups excluding carboxylic acids is 2. The summed E-state index contributed by atoms with van der Waals surface area (Å²) < 4.78 is 5.35. The van der Waals surface area contributed by atoms with Crippen molar-refractivity contribution in [2.45, 2.75) is 90.3 Å². The summed E-state index contributed by atoms with van der Waals surface area (Å²) in [7, 11) is 1.63. The fraction of sp³-hybridized carbons (Fsp3) is 0.517. The number of nitrogens with one attached hydrogen (secondary N) is 1. The molecule has 3 rings (SSSR count). The summed E-state index contributed by atoms with van der Waals surface area (Å²) in [6, 6.07) is 15.9. The first kappa shape index (κ1) is 25.8. The topological polar surface area (TPSA) is 58.6 Å². The van der Waals surface area contributed by atoms with E-state index in [0.717, 1.165) is 42.6 Å². The molecule has 5 nitrogen and oxygen atoms in total. The van der Waals surface area contributed by atoms with E-state index in [1.165, 1.54) is 12.0 Å². The molecule has 5 heteroatoms. The Morgan fingerprint density at radius 2 is 1.71 bits per heavy atom. The van der Waals surface area contributed by atoms with Crippen molar-refractivity contribution in [3.05, 3.63) is 65.2 Å². The molecular weight excluding hydrogens is 424 g/mol. The predicted octanol–water partition coefficient (Wildman–Crippen LogP) is 5.62. The zero-order valence-electron chi connectivity index (χ0n) is 21.2. The standard InChI is InChI=1S/C29H40N2O3/c1-21(2)25-16-13-23(14-17-25)15-18-28(32)31(20-24-9-8-12-27(19-24)34-4)22(3)29(33)30-26-10-6-5-7-11-26/h8-9,12-14,16-17,19,21-22,26H,5-7,10-11,15,18,20H2,1-4H3,(H,30,33)/t22-/m1/s1. The molecule has 0 radical (unpaired) electrons. The molecule has 1 fully saturated rings. The Bertz CT molecular complexity index is 933. The van der Waals surface area contributed by atoms with Gasteiger partial charge in [0.1, 0.15) is 11.8 Å². The van der Waals surface area contributed by atoms with Crippen LogP contribution in [0.25, 0.3) is 0 Å². The maximum atomic E-state index is 13.4. The third-order valence-electron chi connectivity index (χ3n) is 6.88. The Hall–Kier alpha value is -2.82. The third kappa shape index (κ3) is 7.34. The molecule has 2 amide bonds. The second kappa shape index (κ2) is 12.6. The number of nitrogens with zero attached hydrogens (tertiary/aromatic N) is 1. The van der Waals surface area contributed by atoms with E-state index >= 15 is 0 Å². The van der Waals surface area contributed by atoms with E-state index < -0.39 is 6.04 Å². The highest BCUT2D eigenvalue weighted by Gasteiger charge is 2.28. The number of aryl methyl sites for hydroxylation is 1. The molecule has 0 saturated heterocycles. The average Bonchev–Trinajstić information content (AvgIpc) is 2.86. The van der Waals surface area contributed by atoms with E-state index in [1.807, 2.05) is 31.2 Å². The van der Waals surface area contributed by atoms with Gasteiger partial charge in [0.15, 0.2) is 0 Å². The molecule has 1 N–H and O–H groups in total. The van der Waals surface area contributed by atoms with Crippen molar-refractivity contribution in [2.24, 2.45) is 0 Å². The van der Waals surface area contributed by atoms with Crippen LogP contribution >= 0.6 is 0 Å². The zero-order chi connectivity index (χ0) is 24.5. The summed E-state index contributed by atoms with van der Waals surface area (Å²) in [5.74, 6) is 1.15. The Morgan fingerprint density at radius 1 is 1.00 bits per heavy atom. The monoisotopic (exact) mass is 464 g/mol. The van der Waals surface area contributed by atoms with Crippen molar-refractivity contribution >= 4 is 11.8 Å². The molecule has 2 aromatic carbocycles. The SMILES string of the molecule is COc1cccc(CN(C(=O)CCc2ccc(C(C)C)cc2)[C@H](C)C(=O)NC2CCCCC2)c1. The van der Waals surface area contributed by atoms with Crippen LogP contribution in [0, 0.1) is 0 Å². The van der Waals surface area contributed by atoms with Crippen molar-refractivity contribution in [1.29, 1.82) is 0 Å². The summed E-state index contributed by atoms with van der Waals surface area (Å²) in [6.07, 6.45) is 6.61. The molecule has 1 aliphatic rings. The van der Waals surface area contributed by atoms with E-state index in [9.17, 15) is 9.59 Å². The number of methoxy groups -OCH3 is 1. The minimum atomic E-state index is -0.538. The molecule has 34 heavy (non-hydrogen) atoms. The molecule has 0 spiro atoms. The Labute approximate surface area is 204 Å². The molecule has 0 heterocycles. The maximum Gasteiger partial charge on any atom is 0.242 e. The van der Waals surface area contributed by atoms with Crippen molar-refractivity contribution < 1.29 is 14.3 Å². The van der Waals surface area contributed by atoms with Crippen molar-refractivity contribution in [1.82, 2.24) is 10.2 Å². The molecule has 184 valence electrons. The first-order valence-electron chi connectivity index (χ1n) is 12.7. The van der Waals surface area contributed by atoms with Crippen LogP contribution in [0.5, 0.6) is 5.75 Å². The first-order valence-corrected chi connectivity index (χ1v) is 12.7. The Morgan fingerprint density at radius 3 is 2.35 bits per heavy atom. The third-order valence-corrected chi connectivity index (χ3v) is 6.88. The predicted molar refractivity (Wildman–Crippen MR) is 137 cm³/mol. The van der Waals surface area contributed by atoms with E-state index in [-0.39, 0.29) is 17.9 Å². The smallest absolute Gasteiger partial charge is 0.242 e. The van der Waals surface area contributed by atoms with Gasteiger partial charge in [-0.2, -0.15) is 0 Å². The van der Waals surface area contributed by atoms with E-state index in [1.54, 1.807) is 12.0 Å². The van der Waals surface area contributed by atoms with Gasteiger partial charge in [0.05, 0.1) is 7.11 Å². The number of amides is 2. The minimum Gasteiger partial charge on any atom is -0.497 e. The molecule has 1 saturated carbocycles. The van der Waals surface area contributed by atoms with Crippen molar-refractivity contribution in [2.75, 3.05) is 7.11 Å². The van der Waals surface area contributed by atoms with Gasteiger partial charge >= 0.3 is 0 Å². The van der Waals surface area contributed by atoms with Crippen molar-refractivity contribution in [3.8, 4) is 5.75 Å². The molecule has 1 atom stereocenters. The number of ether oxygens (including phenoxy) is 1. The molecule has 0 aliphatic heterocycles. The lowest BCUT2D eigenvalue weighted by Crippen LogP contribution is -2.50. The van der Waals surface area contributed by atoms with Crippen molar-refractivity contribution in [3.63, 3.8) is 0 Å². The normalized spacial score (nSPS) is 15.1. The van der Waals surface area contributed by atoms with E-state index in [4.69, 9.17) is 4.74 Å². The van der Waals surface area contributed by atoms with Gasteiger partial charge in [-0.25, -0.2) is 0 Å². The molecule has 0 unspecified atom stereocenters. The Balaban J connectivity index is 1.70. The van der Waals surface area contributed by atoms with Crippen LogP contribution in [0.3, 0.4) is 0 Å². The summed E-state index contributed by atoms with van der Waals surface area (Å²) >= 11 is 0. The number of benzene rings is 2. The summed E-state index contributed by atoms with van der Waals surface area (Å²) in [5.41, 5.74) is 3.38. The van der Waals surface area contributed by atoms with E-state index in [2.05, 4.69) is 43.4 Å². The van der Waals surface area contributed by atoms with E-state index in [0.29, 0.717) is 25.3 Å². The second-order valence-electron chi connectivity index (χ2n) is 9.79. The highest BCUT2D eigenvalue weighted by atomic mass is 16.5. The number of hydrogen-bond donors (Lipinski definition) is 1. The number of rotatable bonds is 10. The highest BCUT2D eigenvalue weighted by molar-refractivity contribution is 5.87. The molecule has 0 aromatic heterocycles. The molecule has 0 bridgehead atoms. The van der Waals surface area contributed by atoms with Crippen LogP contribution in [0.15, 0.2) is 48.5 Å². The maximum absolute atomic E-state index is 13.4. The van der Waals surface area contributed by atoms with Crippen LogP contribution in [0.4, 0.5) is 0 Å². The van der Waals surface area contributed by atoms with Gasteiger partial charge in [-0.05, 0) is 60.9 Å². The first-order chi connectivity index (χ1) is 16.4. The summed E-state index contributed by atoms with van der Waals surface area (Å²) in [5, 5.41) is 3.20. The molecular formula is C29H40N2O3. The van der Waals surface area contributed by atoms with Crippen LogP contribution in [-0.4, -0.2) is 35.9 Å². The Kier molecular flexibility index (Phi) is 9.55. The van der Waals surface area contributed by atoms with Crippen LogP contribution < -0.4 is 10.1 Å². The van der Waals surface area contributed by atoms with Gasteiger partial charge < -0.3 is 15.0 Å². The van der Waals surface area contributed by atoms with Gasteiger partial charge in [0.2, 0.25) is 11.8 Å². The van der Waals surface area contributed by atoms with Gasteiger partial charge in [0.25, 0.3) is 0 Å². The van der Waals surface area contributed by atoms with Crippen LogP contribution in [0.1, 0.15) is 81.9 Å².